The number of likely N-dealkylation sites (tertiary alicyclic amines) is 1. The van der Waals surface area contributed by atoms with Crippen LogP contribution in [0.4, 0.5) is 5.69 Å². The van der Waals surface area contributed by atoms with E-state index < -0.39 is 0 Å². The van der Waals surface area contributed by atoms with Crippen LogP contribution in [-0.4, -0.2) is 62.0 Å². The van der Waals surface area contributed by atoms with E-state index in [1.165, 1.54) is 9.26 Å². The minimum absolute atomic E-state index is 0.251. The maximum absolute atomic E-state index is 12.6. The minimum atomic E-state index is 0.251. The zero-order chi connectivity index (χ0) is 15.5. The molecule has 0 bridgehead atoms. The minimum Gasteiger partial charge on any atom is -0.368 e. The number of anilines is 1. The molecule has 1 amide bonds. The van der Waals surface area contributed by atoms with Gasteiger partial charge in [-0.05, 0) is 79.8 Å². The van der Waals surface area contributed by atoms with Crippen LogP contribution in [-0.2, 0) is 4.79 Å². The molecule has 1 aromatic rings. The van der Waals surface area contributed by atoms with Crippen LogP contribution in [0.25, 0.3) is 0 Å². The van der Waals surface area contributed by atoms with Crippen molar-refractivity contribution in [3.8, 4) is 0 Å². The van der Waals surface area contributed by atoms with Crippen molar-refractivity contribution < 1.29 is 4.79 Å². The Morgan fingerprint density at radius 2 is 1.59 bits per heavy atom. The normalized spacial score (nSPS) is 21.2. The Balaban J connectivity index is 1.53. The lowest BCUT2D eigenvalue weighted by molar-refractivity contribution is -0.137. The van der Waals surface area contributed by atoms with Gasteiger partial charge in [-0.15, -0.1) is 0 Å². The molecule has 0 aromatic heterocycles. The molecule has 120 valence electrons. The van der Waals surface area contributed by atoms with Crippen LogP contribution >= 0.6 is 22.6 Å². The van der Waals surface area contributed by atoms with Gasteiger partial charge in [-0.3, -0.25) is 4.79 Å². The fourth-order valence-corrected chi connectivity index (χ4v) is 3.71. The third-order valence-corrected chi connectivity index (χ3v) is 5.57. The first-order valence-corrected chi connectivity index (χ1v) is 9.19. The second-order valence-electron chi connectivity index (χ2n) is 6.37. The van der Waals surface area contributed by atoms with E-state index in [4.69, 9.17) is 0 Å². The molecule has 0 spiro atoms. The van der Waals surface area contributed by atoms with Gasteiger partial charge in [-0.2, -0.15) is 0 Å². The summed E-state index contributed by atoms with van der Waals surface area (Å²) in [4.78, 5) is 19.4. The molecule has 2 aliphatic heterocycles. The molecule has 0 radical (unpaired) electrons. The molecule has 2 heterocycles. The Hall–Kier alpha value is -0.820. The van der Waals surface area contributed by atoms with Crippen LogP contribution in [0.5, 0.6) is 0 Å². The van der Waals surface area contributed by atoms with Crippen molar-refractivity contribution in [1.29, 1.82) is 0 Å². The smallest absolute Gasteiger partial charge is 0.225 e. The number of amides is 1. The monoisotopic (exact) mass is 413 g/mol. The number of nitrogens with zero attached hydrogens (tertiary/aromatic N) is 3. The molecule has 22 heavy (non-hydrogen) atoms. The van der Waals surface area contributed by atoms with E-state index >= 15 is 0 Å². The Labute approximate surface area is 146 Å². The van der Waals surface area contributed by atoms with Crippen LogP contribution in [0.15, 0.2) is 24.3 Å². The largest absolute Gasteiger partial charge is 0.368 e. The second kappa shape index (κ2) is 7.17. The van der Waals surface area contributed by atoms with Gasteiger partial charge in [-0.25, -0.2) is 0 Å². The van der Waals surface area contributed by atoms with E-state index in [1.54, 1.807) is 0 Å². The first-order chi connectivity index (χ1) is 10.6. The van der Waals surface area contributed by atoms with Gasteiger partial charge in [0.15, 0.2) is 0 Å². The van der Waals surface area contributed by atoms with Gasteiger partial charge >= 0.3 is 0 Å². The number of rotatable bonds is 2. The van der Waals surface area contributed by atoms with Crippen molar-refractivity contribution in [2.75, 3.05) is 51.2 Å². The molecule has 0 atom stereocenters. The van der Waals surface area contributed by atoms with E-state index in [2.05, 4.69) is 68.6 Å². The number of piperazine rings is 1. The molecule has 2 fully saturated rings. The number of hydrogen-bond acceptors (Lipinski definition) is 3. The molecule has 0 saturated carbocycles. The highest BCUT2D eigenvalue weighted by molar-refractivity contribution is 14.1. The molecule has 4 nitrogen and oxygen atoms in total. The number of benzene rings is 1. The summed E-state index contributed by atoms with van der Waals surface area (Å²) >= 11 is 2.33. The lowest BCUT2D eigenvalue weighted by atomic mass is 9.95. The zero-order valence-corrected chi connectivity index (χ0v) is 15.3. The average Bonchev–Trinajstić information content (AvgIpc) is 2.56. The van der Waals surface area contributed by atoms with Crippen LogP contribution < -0.4 is 4.90 Å². The van der Waals surface area contributed by atoms with Crippen LogP contribution in [0, 0.1) is 9.49 Å². The number of carbonyl (C=O) groups is 1. The Kier molecular flexibility index (Phi) is 5.23. The fraction of sp³-hybridized carbons (Fsp3) is 0.588. The van der Waals surface area contributed by atoms with Crippen molar-refractivity contribution in [2.45, 2.75) is 12.8 Å². The molecule has 0 aliphatic carbocycles. The number of carbonyl (C=O) groups excluding carboxylic acids is 1. The Morgan fingerprint density at radius 3 is 2.18 bits per heavy atom. The topological polar surface area (TPSA) is 26.8 Å². The SMILES string of the molecule is CN1CCC(C(=O)N2CCN(c3ccc(I)cc3)CC2)CC1. The summed E-state index contributed by atoms with van der Waals surface area (Å²) in [5.74, 6) is 0.636. The van der Waals surface area contributed by atoms with E-state index in [0.29, 0.717) is 5.91 Å². The molecule has 5 heteroatoms. The van der Waals surface area contributed by atoms with Crippen molar-refractivity contribution >= 4 is 34.2 Å². The zero-order valence-electron chi connectivity index (χ0n) is 13.2. The quantitative estimate of drug-likeness (QED) is 0.697. The molecule has 1 aromatic carbocycles. The molecular weight excluding hydrogens is 389 g/mol. The van der Waals surface area contributed by atoms with Gasteiger partial charge < -0.3 is 14.7 Å². The van der Waals surface area contributed by atoms with Crippen LogP contribution in [0.3, 0.4) is 0 Å². The average molecular weight is 413 g/mol. The van der Waals surface area contributed by atoms with Crippen molar-refractivity contribution in [1.82, 2.24) is 9.80 Å². The second-order valence-corrected chi connectivity index (χ2v) is 7.61. The Bertz CT molecular complexity index is 503. The van der Waals surface area contributed by atoms with Crippen molar-refractivity contribution in [3.05, 3.63) is 27.8 Å². The summed E-state index contributed by atoms with van der Waals surface area (Å²) in [5.41, 5.74) is 1.27. The molecule has 2 saturated heterocycles. The predicted molar refractivity (Wildman–Crippen MR) is 98.2 cm³/mol. The van der Waals surface area contributed by atoms with Crippen LogP contribution in [0.1, 0.15) is 12.8 Å². The highest BCUT2D eigenvalue weighted by Crippen LogP contribution is 2.22. The summed E-state index contributed by atoms with van der Waals surface area (Å²) in [5, 5.41) is 0. The molecule has 3 rings (SSSR count). The third-order valence-electron chi connectivity index (χ3n) is 4.85. The number of halogens is 1. The van der Waals surface area contributed by atoms with Gasteiger partial charge in [0.1, 0.15) is 0 Å². The van der Waals surface area contributed by atoms with E-state index in [1.807, 2.05) is 0 Å². The van der Waals surface area contributed by atoms with Crippen LogP contribution in [0.2, 0.25) is 0 Å². The van der Waals surface area contributed by atoms with Crippen molar-refractivity contribution in [2.24, 2.45) is 5.92 Å². The van der Waals surface area contributed by atoms with Gasteiger partial charge in [0, 0.05) is 41.4 Å². The Morgan fingerprint density at radius 1 is 1.00 bits per heavy atom. The maximum Gasteiger partial charge on any atom is 0.225 e. The molecule has 2 aliphatic rings. The standard InChI is InChI=1S/C17H24IN3O/c1-19-8-6-14(7-9-19)17(22)21-12-10-20(11-13-21)16-4-2-15(18)3-5-16/h2-5,14H,6-13H2,1H3. The lowest BCUT2D eigenvalue weighted by Crippen LogP contribution is -2.51. The highest BCUT2D eigenvalue weighted by atomic mass is 127. The maximum atomic E-state index is 12.6. The highest BCUT2D eigenvalue weighted by Gasteiger charge is 2.29. The summed E-state index contributed by atoms with van der Waals surface area (Å²) < 4.78 is 1.26. The summed E-state index contributed by atoms with van der Waals surface area (Å²) in [7, 11) is 2.14. The first-order valence-electron chi connectivity index (χ1n) is 8.11. The molecule has 0 N–H and O–H groups in total. The summed E-state index contributed by atoms with van der Waals surface area (Å²) in [6, 6.07) is 8.64. The summed E-state index contributed by atoms with van der Waals surface area (Å²) in [6.07, 6.45) is 2.04. The van der Waals surface area contributed by atoms with E-state index in [0.717, 1.165) is 52.1 Å². The lowest BCUT2D eigenvalue weighted by Gasteiger charge is -2.39. The summed E-state index contributed by atoms with van der Waals surface area (Å²) in [6.45, 7) is 5.71. The number of piperidine rings is 1. The van der Waals surface area contributed by atoms with E-state index in [-0.39, 0.29) is 5.92 Å². The molecular formula is C17H24IN3O. The van der Waals surface area contributed by atoms with E-state index in [9.17, 15) is 4.79 Å². The van der Waals surface area contributed by atoms with Gasteiger partial charge in [0.25, 0.3) is 0 Å². The van der Waals surface area contributed by atoms with Crippen molar-refractivity contribution in [3.63, 3.8) is 0 Å². The molecule has 0 unspecified atom stereocenters. The van der Waals surface area contributed by atoms with Gasteiger partial charge in [0.05, 0.1) is 0 Å². The van der Waals surface area contributed by atoms with Gasteiger partial charge in [0.2, 0.25) is 5.91 Å². The predicted octanol–water partition coefficient (Wildman–Crippen LogP) is 2.28. The third kappa shape index (κ3) is 3.74. The number of hydrogen-bond donors (Lipinski definition) is 0. The first kappa shape index (κ1) is 16.1. The van der Waals surface area contributed by atoms with Gasteiger partial charge in [-0.1, -0.05) is 0 Å². The fourth-order valence-electron chi connectivity index (χ4n) is 3.35.